The van der Waals surface area contributed by atoms with Gasteiger partial charge in [0.25, 0.3) is 17.8 Å². The van der Waals surface area contributed by atoms with Gasteiger partial charge in [-0.25, -0.2) is 22.6 Å². The molecule has 0 bridgehead atoms. The smallest absolute Gasteiger partial charge is 0.276 e. The van der Waals surface area contributed by atoms with Gasteiger partial charge in [0.05, 0.1) is 18.6 Å². The van der Waals surface area contributed by atoms with Gasteiger partial charge in [-0.3, -0.25) is 19.8 Å². The summed E-state index contributed by atoms with van der Waals surface area (Å²) in [6, 6.07) is 7.47. The van der Waals surface area contributed by atoms with Gasteiger partial charge in [0.2, 0.25) is 0 Å². The number of aliphatic imine (C=N–C) groups is 1. The number of amides is 1. The van der Waals surface area contributed by atoms with Crippen LogP contribution < -0.4 is 5.32 Å². The molecule has 2 N–H and O–H groups in total. The summed E-state index contributed by atoms with van der Waals surface area (Å²) in [5.74, 6) is -5.14. The molecule has 2 fully saturated rings. The first-order chi connectivity index (χ1) is 18.6. The third-order valence-electron chi connectivity index (χ3n) is 7.36. The minimum atomic E-state index is -2.69. The van der Waals surface area contributed by atoms with Crippen molar-refractivity contribution in [3.05, 3.63) is 59.8 Å². The summed E-state index contributed by atoms with van der Waals surface area (Å²) in [5.41, 5.74) is 3.93. The molecular weight excluding hydrogens is 514 g/mol. The van der Waals surface area contributed by atoms with Crippen molar-refractivity contribution in [1.82, 2.24) is 30.3 Å². The van der Waals surface area contributed by atoms with Gasteiger partial charge in [-0.1, -0.05) is 6.07 Å². The molecule has 39 heavy (non-hydrogen) atoms. The second-order valence-electron chi connectivity index (χ2n) is 10.4. The lowest BCUT2D eigenvalue weighted by molar-refractivity contribution is 0.0114. The number of carbonyl (C=O) groups excluding carboxylic acids is 1. The molecule has 0 unspecified atom stereocenters. The number of H-pyrrole nitrogens is 1. The van der Waals surface area contributed by atoms with Crippen LogP contribution in [0.1, 0.15) is 41.7 Å². The third-order valence-corrected chi connectivity index (χ3v) is 7.36. The van der Waals surface area contributed by atoms with E-state index in [1.807, 2.05) is 24.3 Å². The summed E-state index contributed by atoms with van der Waals surface area (Å²) in [7, 11) is 0. The Bertz CT molecular complexity index is 1480. The van der Waals surface area contributed by atoms with Crippen molar-refractivity contribution in [3.8, 4) is 11.1 Å². The zero-order valence-corrected chi connectivity index (χ0v) is 21.1. The normalized spacial score (nSPS) is 20.8. The second-order valence-corrected chi connectivity index (χ2v) is 10.4. The molecule has 0 spiro atoms. The number of hydrogen-bond donors (Lipinski definition) is 2. The molecule has 2 aromatic heterocycles. The van der Waals surface area contributed by atoms with Crippen LogP contribution in [0, 0.1) is 0 Å². The fraction of sp³-hybridized carbons (Fsp3) is 0.407. The van der Waals surface area contributed by atoms with Crippen LogP contribution in [-0.2, 0) is 6.54 Å². The molecule has 3 aromatic rings. The topological polar surface area (TPSA) is 89.5 Å². The first kappa shape index (κ1) is 25.5. The van der Waals surface area contributed by atoms with Gasteiger partial charge in [-0.2, -0.15) is 5.10 Å². The molecule has 204 valence electrons. The van der Waals surface area contributed by atoms with E-state index in [-0.39, 0.29) is 38.2 Å². The molecule has 12 heteroatoms. The van der Waals surface area contributed by atoms with Crippen molar-refractivity contribution in [2.45, 2.75) is 44.1 Å². The highest BCUT2D eigenvalue weighted by atomic mass is 19.3. The van der Waals surface area contributed by atoms with E-state index >= 15 is 0 Å². The predicted octanol–water partition coefficient (Wildman–Crippen LogP) is 4.57. The molecule has 3 aliphatic rings. The Labute approximate surface area is 221 Å². The molecule has 0 radical (unpaired) electrons. The van der Waals surface area contributed by atoms with E-state index in [1.54, 1.807) is 22.2 Å². The van der Waals surface area contributed by atoms with Crippen LogP contribution in [0.2, 0.25) is 0 Å². The highest BCUT2D eigenvalue weighted by Gasteiger charge is 2.40. The maximum atomic E-state index is 13.6. The summed E-state index contributed by atoms with van der Waals surface area (Å²) >= 11 is 0. The minimum absolute atomic E-state index is 0.135. The highest BCUT2D eigenvalue weighted by molar-refractivity contribution is 6.06. The predicted molar refractivity (Wildman–Crippen MR) is 138 cm³/mol. The molecule has 0 saturated carbocycles. The fourth-order valence-electron chi connectivity index (χ4n) is 5.32. The SMILES string of the molecule is O=C(NC1=CN=C(N2CCC(F)(F)C2)CC1)c1n[nH]c2ccc(-c3cncc(CN4CCC(F)(F)C4)c3)cc12. The van der Waals surface area contributed by atoms with Crippen molar-refractivity contribution in [1.29, 1.82) is 0 Å². The number of rotatable bonds is 5. The zero-order chi connectivity index (χ0) is 27.2. The van der Waals surface area contributed by atoms with Crippen LogP contribution >= 0.6 is 0 Å². The summed E-state index contributed by atoms with van der Waals surface area (Å²) in [6.07, 6.45) is 5.52. The number of benzene rings is 1. The van der Waals surface area contributed by atoms with Crippen molar-refractivity contribution in [2.75, 3.05) is 26.2 Å². The van der Waals surface area contributed by atoms with Crippen LogP contribution in [0.25, 0.3) is 22.0 Å². The lowest BCUT2D eigenvalue weighted by Crippen LogP contribution is -2.33. The van der Waals surface area contributed by atoms with Gasteiger partial charge in [0.1, 0.15) is 5.84 Å². The Morgan fingerprint density at radius 2 is 1.82 bits per heavy atom. The van der Waals surface area contributed by atoms with E-state index in [2.05, 4.69) is 25.5 Å². The molecule has 1 amide bonds. The van der Waals surface area contributed by atoms with Crippen LogP contribution in [0.3, 0.4) is 0 Å². The van der Waals surface area contributed by atoms with E-state index in [1.165, 1.54) is 6.20 Å². The average molecular weight is 542 g/mol. The van der Waals surface area contributed by atoms with Crippen LogP contribution in [0.15, 0.2) is 53.5 Å². The number of halogens is 4. The van der Waals surface area contributed by atoms with Gasteiger partial charge in [0.15, 0.2) is 5.69 Å². The number of amidine groups is 1. The Kier molecular flexibility index (Phi) is 6.37. The van der Waals surface area contributed by atoms with E-state index < -0.39 is 17.8 Å². The first-order valence-electron chi connectivity index (χ1n) is 12.9. The van der Waals surface area contributed by atoms with Crippen molar-refractivity contribution < 1.29 is 22.4 Å². The van der Waals surface area contributed by atoms with Crippen molar-refractivity contribution in [2.24, 2.45) is 4.99 Å². The number of fused-ring (bicyclic) bond motifs is 1. The Morgan fingerprint density at radius 3 is 2.54 bits per heavy atom. The first-order valence-corrected chi connectivity index (χ1v) is 12.9. The van der Waals surface area contributed by atoms with Crippen LogP contribution in [-0.4, -0.2) is 74.7 Å². The lowest BCUT2D eigenvalue weighted by Gasteiger charge is -2.23. The summed E-state index contributed by atoms with van der Waals surface area (Å²) in [4.78, 5) is 25.0. The summed E-state index contributed by atoms with van der Waals surface area (Å²) < 4.78 is 54.2. The van der Waals surface area contributed by atoms with Gasteiger partial charge in [-0.15, -0.1) is 0 Å². The number of likely N-dealkylation sites (tertiary alicyclic amines) is 2. The van der Waals surface area contributed by atoms with Crippen molar-refractivity contribution in [3.63, 3.8) is 0 Å². The maximum Gasteiger partial charge on any atom is 0.276 e. The fourth-order valence-corrected chi connectivity index (χ4v) is 5.32. The van der Waals surface area contributed by atoms with E-state index in [0.29, 0.717) is 48.4 Å². The molecular formula is C27H27F4N7O. The largest absolute Gasteiger partial charge is 0.354 e. The van der Waals surface area contributed by atoms with Gasteiger partial charge in [-0.05, 0) is 35.7 Å². The zero-order valence-electron chi connectivity index (χ0n) is 21.1. The molecule has 0 atom stereocenters. The molecule has 1 aromatic carbocycles. The number of aromatic amines is 1. The minimum Gasteiger partial charge on any atom is -0.354 e. The number of pyridine rings is 1. The monoisotopic (exact) mass is 541 g/mol. The standard InChI is InChI=1S/C27H27F4N7O/c28-26(29)5-7-37(15-26)14-17-9-19(12-32-11-17)18-1-3-22-21(10-18)24(36-35-22)25(39)34-20-2-4-23(33-13-20)38-8-6-27(30,31)16-38/h1,3,9-13H,2,4-8,14-16H2,(H,34,39)(H,35,36). The average Bonchev–Trinajstić information content (AvgIpc) is 3.60. The maximum absolute atomic E-state index is 13.6. The molecule has 2 saturated heterocycles. The molecule has 0 aliphatic carbocycles. The number of hydrogen-bond acceptors (Lipinski definition) is 6. The number of carbonyl (C=O) groups is 1. The van der Waals surface area contributed by atoms with Gasteiger partial charge in [0, 0.05) is 74.1 Å². The van der Waals surface area contributed by atoms with E-state index in [9.17, 15) is 22.4 Å². The van der Waals surface area contributed by atoms with Crippen molar-refractivity contribution >= 4 is 22.6 Å². The summed E-state index contributed by atoms with van der Waals surface area (Å²) in [5, 5.41) is 10.5. The second kappa shape index (κ2) is 9.74. The van der Waals surface area contributed by atoms with Crippen LogP contribution in [0.4, 0.5) is 17.6 Å². The molecule has 8 nitrogen and oxygen atoms in total. The van der Waals surface area contributed by atoms with E-state index in [0.717, 1.165) is 16.7 Å². The number of aromatic nitrogens is 3. The number of alkyl halides is 4. The Hall–Kier alpha value is -3.80. The molecule has 6 rings (SSSR count). The number of nitrogens with zero attached hydrogens (tertiary/aromatic N) is 5. The lowest BCUT2D eigenvalue weighted by atomic mass is 10.0. The van der Waals surface area contributed by atoms with Gasteiger partial charge >= 0.3 is 0 Å². The quantitative estimate of drug-likeness (QED) is 0.462. The number of nitrogens with one attached hydrogen (secondary N) is 2. The third kappa shape index (κ3) is 5.51. The Morgan fingerprint density at radius 1 is 1.00 bits per heavy atom. The molecule has 3 aliphatic heterocycles. The van der Waals surface area contributed by atoms with Gasteiger partial charge < -0.3 is 10.2 Å². The van der Waals surface area contributed by atoms with Crippen LogP contribution in [0.5, 0.6) is 0 Å². The highest BCUT2D eigenvalue weighted by Crippen LogP contribution is 2.31. The summed E-state index contributed by atoms with van der Waals surface area (Å²) in [6.45, 7) is 0.421. The molecule has 5 heterocycles. The van der Waals surface area contributed by atoms with E-state index in [4.69, 9.17) is 0 Å². The Balaban J connectivity index is 1.17. The number of allylic oxidation sites excluding steroid dienone is 1.